The lowest BCUT2D eigenvalue weighted by Gasteiger charge is -2.14. The Balaban J connectivity index is 1.15. The SMILES string of the molecule is c1ccc(-c2ccc(-c3cc(-c4ccc5ccc6c(-c7ccccc7)c7ccccc7nc6c5n4)cc(-c4ccc(-c5ccncc5)cc4)n3)nc2)cc1. The zero-order valence-electron chi connectivity index (χ0n) is 29.1. The largest absolute Gasteiger partial charge is 0.265 e. The molecule has 5 nitrogen and oxygen atoms in total. The lowest BCUT2D eigenvalue weighted by molar-refractivity contribution is 1.24. The summed E-state index contributed by atoms with van der Waals surface area (Å²) in [5, 5.41) is 3.23. The fourth-order valence-electron chi connectivity index (χ4n) is 7.30. The van der Waals surface area contributed by atoms with E-state index in [1.54, 1.807) is 0 Å². The Morgan fingerprint density at radius 2 is 0.963 bits per heavy atom. The number of aromatic nitrogens is 5. The summed E-state index contributed by atoms with van der Waals surface area (Å²) in [6.45, 7) is 0. The van der Waals surface area contributed by atoms with Crippen LogP contribution in [-0.4, -0.2) is 24.9 Å². The average Bonchev–Trinajstić information content (AvgIpc) is 3.26. The van der Waals surface area contributed by atoms with Gasteiger partial charge in [-0.2, -0.15) is 0 Å². The summed E-state index contributed by atoms with van der Waals surface area (Å²) in [5.41, 5.74) is 14.6. The molecule has 0 amide bonds. The van der Waals surface area contributed by atoms with Gasteiger partial charge >= 0.3 is 0 Å². The van der Waals surface area contributed by atoms with Gasteiger partial charge in [0, 0.05) is 57.0 Å². The number of benzene rings is 5. The van der Waals surface area contributed by atoms with Crippen molar-refractivity contribution < 1.29 is 0 Å². The lowest BCUT2D eigenvalue weighted by atomic mass is 9.95. The maximum Gasteiger partial charge on any atom is 0.0978 e. The minimum atomic E-state index is 0.774. The third-order valence-electron chi connectivity index (χ3n) is 10.0. The third-order valence-corrected chi connectivity index (χ3v) is 10.0. The summed E-state index contributed by atoms with van der Waals surface area (Å²) < 4.78 is 0. The van der Waals surface area contributed by atoms with Gasteiger partial charge in [-0.1, -0.05) is 127 Å². The van der Waals surface area contributed by atoms with Gasteiger partial charge in [-0.05, 0) is 64.7 Å². The molecule has 5 heterocycles. The molecule has 0 unspecified atom stereocenters. The van der Waals surface area contributed by atoms with Crippen molar-refractivity contribution in [1.29, 1.82) is 0 Å². The fraction of sp³-hybridized carbons (Fsp3) is 0. The van der Waals surface area contributed by atoms with Crippen molar-refractivity contribution in [3.63, 3.8) is 0 Å². The molecule has 5 heteroatoms. The smallest absolute Gasteiger partial charge is 0.0978 e. The van der Waals surface area contributed by atoms with Gasteiger partial charge < -0.3 is 0 Å². The molecule has 0 radical (unpaired) electrons. The van der Waals surface area contributed by atoms with Crippen LogP contribution in [0.3, 0.4) is 0 Å². The first-order valence-corrected chi connectivity index (χ1v) is 18.0. The molecule has 5 aromatic heterocycles. The van der Waals surface area contributed by atoms with Crippen molar-refractivity contribution in [3.8, 4) is 67.3 Å². The molecule has 0 saturated carbocycles. The van der Waals surface area contributed by atoms with E-state index in [0.29, 0.717) is 0 Å². The third kappa shape index (κ3) is 5.74. The van der Waals surface area contributed by atoms with E-state index in [2.05, 4.69) is 132 Å². The Labute approximate surface area is 312 Å². The Hall–Kier alpha value is -7.37. The normalized spacial score (nSPS) is 11.3. The zero-order chi connectivity index (χ0) is 35.8. The summed E-state index contributed by atoms with van der Waals surface area (Å²) in [5.74, 6) is 0. The van der Waals surface area contributed by atoms with E-state index in [-0.39, 0.29) is 0 Å². The highest BCUT2D eigenvalue weighted by Crippen LogP contribution is 2.38. The van der Waals surface area contributed by atoms with Gasteiger partial charge in [-0.25, -0.2) is 15.0 Å². The first-order valence-electron chi connectivity index (χ1n) is 18.0. The first kappa shape index (κ1) is 31.4. The monoisotopic (exact) mass is 689 g/mol. The van der Waals surface area contributed by atoms with Crippen LogP contribution in [0, 0.1) is 0 Å². The fourth-order valence-corrected chi connectivity index (χ4v) is 7.30. The summed E-state index contributed by atoms with van der Waals surface area (Å²) in [7, 11) is 0. The number of nitrogens with zero attached hydrogens (tertiary/aromatic N) is 5. The number of hydrogen-bond acceptors (Lipinski definition) is 5. The maximum atomic E-state index is 5.38. The van der Waals surface area contributed by atoms with Crippen LogP contribution in [0.4, 0.5) is 0 Å². The van der Waals surface area contributed by atoms with E-state index in [1.807, 2.05) is 61.1 Å². The predicted molar refractivity (Wildman–Crippen MR) is 221 cm³/mol. The van der Waals surface area contributed by atoms with Crippen LogP contribution in [0.15, 0.2) is 188 Å². The first-order chi connectivity index (χ1) is 26.7. The molecule has 0 fully saturated rings. The van der Waals surface area contributed by atoms with Gasteiger partial charge in [0.25, 0.3) is 0 Å². The molecule has 5 aromatic carbocycles. The summed E-state index contributed by atoms with van der Waals surface area (Å²) in [6.07, 6.45) is 5.55. The Bertz CT molecular complexity index is 2850. The maximum absolute atomic E-state index is 5.38. The second kappa shape index (κ2) is 13.3. The Morgan fingerprint density at radius 1 is 0.333 bits per heavy atom. The molecule has 0 spiro atoms. The number of pyridine rings is 5. The topological polar surface area (TPSA) is 64.5 Å². The Morgan fingerprint density at radius 3 is 1.74 bits per heavy atom. The van der Waals surface area contributed by atoms with Gasteiger partial charge in [-0.15, -0.1) is 0 Å². The van der Waals surface area contributed by atoms with Crippen LogP contribution >= 0.6 is 0 Å². The van der Waals surface area contributed by atoms with Crippen molar-refractivity contribution >= 4 is 32.7 Å². The molecule has 0 bridgehead atoms. The van der Waals surface area contributed by atoms with Crippen molar-refractivity contribution in [2.45, 2.75) is 0 Å². The highest BCUT2D eigenvalue weighted by Gasteiger charge is 2.16. The van der Waals surface area contributed by atoms with Crippen molar-refractivity contribution in [1.82, 2.24) is 24.9 Å². The van der Waals surface area contributed by atoms with E-state index >= 15 is 0 Å². The highest BCUT2D eigenvalue weighted by atomic mass is 14.8. The van der Waals surface area contributed by atoms with E-state index in [4.69, 9.17) is 19.9 Å². The molecule has 0 aliphatic carbocycles. The van der Waals surface area contributed by atoms with Crippen molar-refractivity contribution in [2.24, 2.45) is 0 Å². The summed E-state index contributed by atoms with van der Waals surface area (Å²) in [4.78, 5) is 24.9. The molecule has 252 valence electrons. The molecule has 0 atom stereocenters. The number of hydrogen-bond donors (Lipinski definition) is 0. The van der Waals surface area contributed by atoms with Crippen LogP contribution in [0.2, 0.25) is 0 Å². The second-order valence-corrected chi connectivity index (χ2v) is 13.3. The van der Waals surface area contributed by atoms with Gasteiger partial charge in [-0.3, -0.25) is 9.97 Å². The number of fused-ring (bicyclic) bond motifs is 4. The molecular formula is C49H31N5. The van der Waals surface area contributed by atoms with E-state index < -0.39 is 0 Å². The highest BCUT2D eigenvalue weighted by molar-refractivity contribution is 6.16. The molecule has 0 saturated heterocycles. The summed E-state index contributed by atoms with van der Waals surface area (Å²) in [6, 6.07) is 58.7. The van der Waals surface area contributed by atoms with Gasteiger partial charge in [0.1, 0.15) is 0 Å². The minimum absolute atomic E-state index is 0.774. The number of para-hydroxylation sites is 1. The summed E-state index contributed by atoms with van der Waals surface area (Å²) >= 11 is 0. The minimum Gasteiger partial charge on any atom is -0.265 e. The van der Waals surface area contributed by atoms with Crippen LogP contribution in [0.1, 0.15) is 0 Å². The molecule has 10 rings (SSSR count). The van der Waals surface area contributed by atoms with Crippen molar-refractivity contribution in [3.05, 3.63) is 188 Å². The second-order valence-electron chi connectivity index (χ2n) is 13.3. The van der Waals surface area contributed by atoms with Gasteiger partial charge in [0.15, 0.2) is 0 Å². The van der Waals surface area contributed by atoms with Crippen molar-refractivity contribution in [2.75, 3.05) is 0 Å². The zero-order valence-corrected chi connectivity index (χ0v) is 29.1. The van der Waals surface area contributed by atoms with Crippen LogP contribution < -0.4 is 0 Å². The molecule has 0 aliphatic heterocycles. The average molecular weight is 690 g/mol. The van der Waals surface area contributed by atoms with E-state index in [1.165, 1.54) is 5.56 Å². The molecule has 0 N–H and O–H groups in total. The molecule has 10 aromatic rings. The van der Waals surface area contributed by atoms with Crippen LogP contribution in [0.5, 0.6) is 0 Å². The molecule has 0 aliphatic rings. The quantitative estimate of drug-likeness (QED) is 0.128. The van der Waals surface area contributed by atoms with Crippen LogP contribution in [0.25, 0.3) is 100.0 Å². The van der Waals surface area contributed by atoms with E-state index in [0.717, 1.165) is 94.4 Å². The van der Waals surface area contributed by atoms with Crippen LogP contribution in [-0.2, 0) is 0 Å². The standard InChI is InChI=1S/C49H31N5/c1-3-9-32(10-4-1)38-21-24-44(51-31-38)46-30-39(29-45(52-46)35-17-15-33(16-18-35)34-25-27-50-28-26-34)42-23-20-37-19-22-41-47(36-11-5-2-6-12-36)40-13-7-8-14-43(40)54-49(41)48(37)53-42/h1-31H. The predicted octanol–water partition coefficient (Wildman–Crippen LogP) is 12.1. The number of rotatable bonds is 6. The lowest BCUT2D eigenvalue weighted by Crippen LogP contribution is -1.96. The Kier molecular flexibility index (Phi) is 7.73. The molecular weight excluding hydrogens is 659 g/mol. The van der Waals surface area contributed by atoms with Gasteiger partial charge in [0.05, 0.1) is 39.3 Å². The van der Waals surface area contributed by atoms with Gasteiger partial charge in [0.2, 0.25) is 0 Å². The molecule has 54 heavy (non-hydrogen) atoms. The van der Waals surface area contributed by atoms with E-state index in [9.17, 15) is 0 Å².